The van der Waals surface area contributed by atoms with Crippen LogP contribution in [-0.2, 0) is 71.0 Å². The number of cyclic esters (lactones) is 1. The zero-order chi connectivity index (χ0) is 57.7. The predicted molar refractivity (Wildman–Crippen MR) is 300 cm³/mol. The first kappa shape index (κ1) is 67.3. The molecule has 3 fully saturated rings. The number of ether oxygens (including phenoxy) is 8. The van der Waals surface area contributed by atoms with Crippen molar-refractivity contribution in [3.63, 3.8) is 0 Å². The third-order valence-corrected chi connectivity index (χ3v) is 17.0. The molecule has 78 heavy (non-hydrogen) atoms. The molecule has 0 unspecified atom stereocenters. The van der Waals surface area contributed by atoms with Crippen molar-refractivity contribution >= 4 is 30.8 Å². The monoisotopic (exact) mass is 1120 g/mol. The summed E-state index contributed by atoms with van der Waals surface area (Å²) in [6, 6.07) is -1.01. The van der Waals surface area contributed by atoms with Gasteiger partial charge in [-0.1, -0.05) is 77.2 Å². The molecule has 0 spiro atoms. The van der Waals surface area contributed by atoms with Gasteiger partial charge in [0, 0.05) is 78.9 Å². The first-order chi connectivity index (χ1) is 37.1. The predicted octanol–water partition coefficient (Wildman–Crippen LogP) is 10.3. The molecule has 1 N–H and O–H groups in total. The Morgan fingerprint density at radius 2 is 1.55 bits per heavy atom. The van der Waals surface area contributed by atoms with Crippen LogP contribution in [0.1, 0.15) is 132 Å². The highest BCUT2D eigenvalue weighted by Gasteiger charge is 2.53. The lowest BCUT2D eigenvalue weighted by molar-refractivity contribution is -0.421. The summed E-state index contributed by atoms with van der Waals surface area (Å²) < 4.78 is 67.0. The minimum Gasteiger partial charge on any atom is -0.460 e. The van der Waals surface area contributed by atoms with E-state index in [1.807, 2.05) is 58.9 Å². The SMILES string of the molecule is C/C=C1/C(=O)N2CCCC[C@H]2C(=O)O[C@H]([C@H](C)C[C@@H]2CC[C@@H](OP(C)(C)=O)[C@H](OC)C2)CC(=O)[C@H](C)/C=C(\C)[C@@H](OC)[C@@H](OC)C(=O)[C@H](C)C[C@H](C)/C=C/C=C/C=C(\C)[C@@H](OCCOCCOC)C[C@@H]2CC[C@@H](C)[C@@]1(OO)O2. The second kappa shape index (κ2) is 33.0. The van der Waals surface area contributed by atoms with Gasteiger partial charge in [0.25, 0.3) is 5.91 Å². The summed E-state index contributed by atoms with van der Waals surface area (Å²) >= 11 is 0. The highest BCUT2D eigenvalue weighted by atomic mass is 31.2. The third kappa shape index (κ3) is 19.5. The Bertz CT molecular complexity index is 2120. The van der Waals surface area contributed by atoms with Crippen molar-refractivity contribution in [2.45, 2.75) is 187 Å². The molecular weight excluding hydrogens is 1020 g/mol. The summed E-state index contributed by atoms with van der Waals surface area (Å²) in [6.07, 6.45) is 15.2. The molecule has 0 radical (unpaired) electrons. The van der Waals surface area contributed by atoms with E-state index in [0.29, 0.717) is 96.2 Å². The van der Waals surface area contributed by atoms with E-state index in [-0.39, 0.29) is 66.0 Å². The van der Waals surface area contributed by atoms with Gasteiger partial charge in [0.1, 0.15) is 30.1 Å². The summed E-state index contributed by atoms with van der Waals surface area (Å²) in [6.45, 7) is 20.0. The van der Waals surface area contributed by atoms with Gasteiger partial charge in [-0.25, -0.2) is 10.1 Å². The zero-order valence-corrected chi connectivity index (χ0v) is 50.5. The van der Waals surface area contributed by atoms with E-state index in [0.717, 1.165) is 12.0 Å². The van der Waals surface area contributed by atoms with Crippen LogP contribution in [0.3, 0.4) is 0 Å². The summed E-state index contributed by atoms with van der Waals surface area (Å²) in [5.74, 6) is -4.99. The molecule has 3 heterocycles. The summed E-state index contributed by atoms with van der Waals surface area (Å²) in [5, 5.41) is 11.0. The Morgan fingerprint density at radius 1 is 0.833 bits per heavy atom. The van der Waals surface area contributed by atoms with E-state index in [4.69, 9.17) is 47.3 Å². The van der Waals surface area contributed by atoms with Crippen LogP contribution in [0.2, 0.25) is 0 Å². The molecule has 2 bridgehead atoms. The van der Waals surface area contributed by atoms with E-state index < -0.39 is 73.4 Å². The van der Waals surface area contributed by atoms with Crippen molar-refractivity contribution in [2.75, 3.05) is 74.7 Å². The number of carbonyl (C=O) groups excluding carboxylic acids is 4. The first-order valence-corrected chi connectivity index (χ1v) is 31.0. The molecule has 1 amide bonds. The van der Waals surface area contributed by atoms with Crippen LogP contribution in [0.5, 0.6) is 0 Å². The molecule has 0 aromatic carbocycles. The fourth-order valence-electron chi connectivity index (χ4n) is 11.8. The van der Waals surface area contributed by atoms with Gasteiger partial charge in [-0.2, -0.15) is 4.89 Å². The van der Waals surface area contributed by atoms with Crippen LogP contribution >= 0.6 is 7.37 Å². The van der Waals surface area contributed by atoms with Gasteiger partial charge >= 0.3 is 5.97 Å². The molecule has 4 rings (SSSR count). The molecule has 4 aliphatic rings. The molecule has 18 heteroatoms. The van der Waals surface area contributed by atoms with Crippen molar-refractivity contribution in [1.29, 1.82) is 0 Å². The van der Waals surface area contributed by atoms with Gasteiger partial charge in [-0.3, -0.25) is 18.9 Å². The number of esters is 1. The number of allylic oxidation sites excluding steroid dienone is 7. The fraction of sp³-hybridized carbons (Fsp3) is 0.767. The molecule has 0 aromatic heterocycles. The Kier molecular flexibility index (Phi) is 28.5. The summed E-state index contributed by atoms with van der Waals surface area (Å²) in [7, 11) is 3.46. The number of piperidine rings is 1. The van der Waals surface area contributed by atoms with Crippen molar-refractivity contribution in [3.8, 4) is 0 Å². The molecule has 1 aliphatic carbocycles. The lowest BCUT2D eigenvalue weighted by Gasteiger charge is -2.46. The maximum Gasteiger partial charge on any atom is 0.329 e. The highest BCUT2D eigenvalue weighted by Crippen LogP contribution is 2.45. The van der Waals surface area contributed by atoms with Gasteiger partial charge in [0.2, 0.25) is 5.79 Å². The second-order valence-corrected chi connectivity index (χ2v) is 25.5. The van der Waals surface area contributed by atoms with Crippen LogP contribution in [0.4, 0.5) is 0 Å². The van der Waals surface area contributed by atoms with Crippen molar-refractivity contribution in [3.05, 3.63) is 59.3 Å². The average Bonchev–Trinajstić information content (AvgIpc) is 3.41. The van der Waals surface area contributed by atoms with Gasteiger partial charge in [-0.05, 0) is 114 Å². The number of methoxy groups -OCH3 is 4. The highest BCUT2D eigenvalue weighted by molar-refractivity contribution is 7.57. The van der Waals surface area contributed by atoms with Crippen LogP contribution in [-0.4, -0.2) is 163 Å². The maximum absolute atomic E-state index is 15.2. The van der Waals surface area contributed by atoms with E-state index in [1.165, 1.54) is 19.1 Å². The number of Topliss-reactive ketones (excluding diaryl/α,β-unsaturated/α-hetero) is 2. The fourth-order valence-corrected chi connectivity index (χ4v) is 12.7. The molecule has 0 aromatic rings. The van der Waals surface area contributed by atoms with Crippen molar-refractivity contribution in [1.82, 2.24) is 4.90 Å². The van der Waals surface area contributed by atoms with Gasteiger partial charge < -0.3 is 47.3 Å². The molecule has 2 saturated heterocycles. The Morgan fingerprint density at radius 3 is 2.21 bits per heavy atom. The number of fused-ring (bicyclic) bond motifs is 3. The maximum atomic E-state index is 15.2. The van der Waals surface area contributed by atoms with Crippen LogP contribution in [0, 0.1) is 35.5 Å². The summed E-state index contributed by atoms with van der Waals surface area (Å²) in [5.41, 5.74) is 1.63. The molecule has 444 valence electrons. The first-order valence-electron chi connectivity index (χ1n) is 28.5. The Labute approximate surface area is 466 Å². The largest absolute Gasteiger partial charge is 0.460 e. The van der Waals surface area contributed by atoms with Crippen LogP contribution in [0.25, 0.3) is 0 Å². The number of nitrogens with zero attached hydrogens (tertiary/aromatic N) is 1. The number of carbonyl (C=O) groups is 4. The lowest BCUT2D eigenvalue weighted by atomic mass is 9.78. The number of hydrogen-bond acceptors (Lipinski definition) is 16. The zero-order valence-electron chi connectivity index (χ0n) is 49.6. The molecule has 17 nitrogen and oxygen atoms in total. The quantitative estimate of drug-likeness (QED) is 0.0291. The molecule has 15 atom stereocenters. The number of amides is 1. The van der Waals surface area contributed by atoms with Crippen LogP contribution < -0.4 is 0 Å². The topological polar surface area (TPSA) is 201 Å². The molecule has 3 aliphatic heterocycles. The molecule has 1 saturated carbocycles. The van der Waals surface area contributed by atoms with Gasteiger partial charge in [0.15, 0.2) is 13.2 Å². The van der Waals surface area contributed by atoms with E-state index >= 15 is 4.79 Å². The average molecular weight is 1120 g/mol. The normalized spacial score (nSPS) is 36.4. The van der Waals surface area contributed by atoms with E-state index in [2.05, 4.69) is 13.0 Å². The van der Waals surface area contributed by atoms with Crippen molar-refractivity contribution in [2.24, 2.45) is 35.5 Å². The lowest BCUT2D eigenvalue weighted by Crippen LogP contribution is -2.57. The van der Waals surface area contributed by atoms with Crippen LogP contribution in [0.15, 0.2) is 59.3 Å². The minimum absolute atomic E-state index is 0.0403. The smallest absolute Gasteiger partial charge is 0.329 e. The Hall–Kier alpha value is -3.19. The van der Waals surface area contributed by atoms with Gasteiger partial charge in [0.05, 0.1) is 56.4 Å². The van der Waals surface area contributed by atoms with Crippen molar-refractivity contribution < 1.29 is 76.3 Å². The molecular formula is C60H98NO16P. The number of rotatable bonds is 16. The van der Waals surface area contributed by atoms with Gasteiger partial charge in [-0.15, -0.1) is 0 Å². The van der Waals surface area contributed by atoms with E-state index in [9.17, 15) is 24.2 Å². The second-order valence-electron chi connectivity index (χ2n) is 22.8. The summed E-state index contributed by atoms with van der Waals surface area (Å²) in [4.78, 5) is 65.6. The number of ketones is 2. The van der Waals surface area contributed by atoms with E-state index in [1.54, 1.807) is 53.5 Å². The number of hydrogen-bond donors (Lipinski definition) is 1. The Balaban J connectivity index is 1.77. The standard InChI is InChI=1S/C60H98NO16P/c1-15-48-58(64)61-28-20-19-23-49(61)59(65)74-53(42(5)35-46-25-27-51(54(36-46)69-10)76-78(13,14)67)38-50(62)41(4)34-44(7)56(70-11)57(71-12)55(63)43(6)33-39(2)21-17-16-18-22-40(3)52(73-32-31-72-30-29-68-9)37-47-26-24-45(8)60(48,75-47)77-66/h15-18,21-22,34,39,41-43,45-47,49,51-54,56-57,66H,19-20,23-33,35-38H2,1-14H3/b18-16+,21-17+,40-22+,44-34+,48-15-/t39-,41-,42-,43-,45-,46+,47+,49+,51-,52+,53+,54-,56-,57+,60+/m1/s1. The minimum atomic E-state index is -2.79. The third-order valence-electron chi connectivity index (χ3n) is 16.2.